The molecular weight excluding hydrogens is 256 g/mol. The lowest BCUT2D eigenvalue weighted by Crippen LogP contribution is -2.14. The first-order valence-electron chi connectivity index (χ1n) is 6.76. The van der Waals surface area contributed by atoms with Crippen LogP contribution in [-0.2, 0) is 4.74 Å². The van der Waals surface area contributed by atoms with Crippen LogP contribution >= 0.6 is 12.2 Å². The fourth-order valence-corrected chi connectivity index (χ4v) is 1.95. The summed E-state index contributed by atoms with van der Waals surface area (Å²) < 4.78 is 5.50. The molecule has 4 heteroatoms. The van der Waals surface area contributed by atoms with Crippen LogP contribution < -0.4 is 11.1 Å². The quantitative estimate of drug-likeness (QED) is 0.567. The number of nitrogens with one attached hydrogen (secondary N) is 1. The number of hydrogen-bond donors (Lipinski definition) is 2. The van der Waals surface area contributed by atoms with Crippen molar-refractivity contribution in [3.05, 3.63) is 29.3 Å². The fraction of sp³-hybridized carbons (Fsp3) is 0.533. The van der Waals surface area contributed by atoms with E-state index >= 15 is 0 Å². The highest BCUT2D eigenvalue weighted by Crippen LogP contribution is 2.17. The predicted molar refractivity (Wildman–Crippen MR) is 85.9 cm³/mol. The number of nitrogens with two attached hydrogens (primary N) is 1. The summed E-state index contributed by atoms with van der Waals surface area (Å²) in [5, 5.41) is 3.39. The van der Waals surface area contributed by atoms with Crippen LogP contribution in [0.1, 0.15) is 37.8 Å². The van der Waals surface area contributed by atoms with Crippen LogP contribution in [-0.4, -0.2) is 24.2 Å². The minimum atomic E-state index is 0.311. The number of aryl methyl sites for hydroxylation is 1. The van der Waals surface area contributed by atoms with Gasteiger partial charge in [0.15, 0.2) is 0 Å². The largest absolute Gasteiger partial charge is 0.389 e. The Morgan fingerprint density at radius 3 is 2.74 bits per heavy atom. The maximum Gasteiger partial charge on any atom is 0.106 e. The second-order valence-corrected chi connectivity index (χ2v) is 5.41. The normalized spacial score (nSPS) is 10.7. The molecule has 1 aromatic rings. The van der Waals surface area contributed by atoms with E-state index in [4.69, 9.17) is 22.7 Å². The van der Waals surface area contributed by atoms with E-state index in [0.29, 0.717) is 11.1 Å². The van der Waals surface area contributed by atoms with Gasteiger partial charge in [-0.2, -0.15) is 0 Å². The summed E-state index contributed by atoms with van der Waals surface area (Å²) in [5.74, 6) is 0. The van der Waals surface area contributed by atoms with E-state index in [1.807, 2.05) is 19.1 Å². The molecule has 0 spiro atoms. The molecule has 0 amide bonds. The zero-order chi connectivity index (χ0) is 14.3. The van der Waals surface area contributed by atoms with Gasteiger partial charge < -0.3 is 15.8 Å². The molecule has 0 aliphatic heterocycles. The van der Waals surface area contributed by atoms with Gasteiger partial charge in [-0.25, -0.2) is 0 Å². The van der Waals surface area contributed by atoms with Gasteiger partial charge in [-0.05, 0) is 45.7 Å². The number of hydrogen-bond acceptors (Lipinski definition) is 3. The van der Waals surface area contributed by atoms with Gasteiger partial charge in [-0.3, -0.25) is 0 Å². The molecule has 0 saturated carbocycles. The lowest BCUT2D eigenvalue weighted by molar-refractivity contribution is 0.0765. The van der Waals surface area contributed by atoms with Gasteiger partial charge in [0.2, 0.25) is 0 Å². The van der Waals surface area contributed by atoms with E-state index < -0.39 is 0 Å². The van der Waals surface area contributed by atoms with Crippen molar-refractivity contribution in [3.8, 4) is 0 Å². The number of rotatable bonds is 8. The molecule has 0 saturated heterocycles. The van der Waals surface area contributed by atoms with Gasteiger partial charge in [-0.15, -0.1) is 0 Å². The van der Waals surface area contributed by atoms with Gasteiger partial charge in [0.25, 0.3) is 0 Å². The number of ether oxygens (including phenoxy) is 1. The smallest absolute Gasteiger partial charge is 0.106 e. The molecule has 3 N–H and O–H groups in total. The topological polar surface area (TPSA) is 47.3 Å². The summed E-state index contributed by atoms with van der Waals surface area (Å²) in [7, 11) is 0. The van der Waals surface area contributed by atoms with Crippen molar-refractivity contribution >= 4 is 22.9 Å². The average molecular weight is 280 g/mol. The highest BCUT2D eigenvalue weighted by Gasteiger charge is 2.04. The molecule has 0 heterocycles. The van der Waals surface area contributed by atoms with Crippen LogP contribution in [0.2, 0.25) is 0 Å². The Kier molecular flexibility index (Phi) is 6.81. The second kappa shape index (κ2) is 8.12. The van der Waals surface area contributed by atoms with Crippen molar-refractivity contribution in [2.75, 3.05) is 18.5 Å². The van der Waals surface area contributed by atoms with E-state index in [0.717, 1.165) is 37.2 Å². The summed E-state index contributed by atoms with van der Waals surface area (Å²) in [6.07, 6.45) is 2.43. The van der Waals surface area contributed by atoms with E-state index in [1.54, 1.807) is 0 Å². The van der Waals surface area contributed by atoms with Gasteiger partial charge in [0.1, 0.15) is 4.99 Å². The van der Waals surface area contributed by atoms with Crippen molar-refractivity contribution in [1.29, 1.82) is 0 Å². The van der Waals surface area contributed by atoms with Crippen molar-refractivity contribution in [1.82, 2.24) is 0 Å². The molecule has 0 aliphatic rings. The minimum Gasteiger partial charge on any atom is -0.389 e. The van der Waals surface area contributed by atoms with Crippen molar-refractivity contribution in [2.45, 2.75) is 39.7 Å². The molecule has 0 aromatic heterocycles. The molecular formula is C15H24N2OS. The Morgan fingerprint density at radius 1 is 1.37 bits per heavy atom. The third-order valence-electron chi connectivity index (χ3n) is 2.78. The standard InChI is InChI=1S/C15H24N2OS/c1-11(2)18-9-5-4-8-17-14-7-6-12(3)10-13(14)15(16)19/h6-7,10-11,17H,4-5,8-9H2,1-3H3,(H2,16,19). The molecule has 0 atom stereocenters. The summed E-state index contributed by atoms with van der Waals surface area (Å²) >= 11 is 5.08. The van der Waals surface area contributed by atoms with Crippen molar-refractivity contribution in [2.24, 2.45) is 5.73 Å². The van der Waals surface area contributed by atoms with Crippen LogP contribution in [0.25, 0.3) is 0 Å². The van der Waals surface area contributed by atoms with E-state index in [2.05, 4.69) is 25.2 Å². The maximum absolute atomic E-state index is 5.74. The SMILES string of the molecule is Cc1ccc(NCCCCOC(C)C)c(C(N)=S)c1. The molecule has 0 fully saturated rings. The fourth-order valence-electron chi connectivity index (χ4n) is 1.79. The summed E-state index contributed by atoms with van der Waals surface area (Å²) in [4.78, 5) is 0.439. The number of benzene rings is 1. The third-order valence-corrected chi connectivity index (χ3v) is 3.00. The highest BCUT2D eigenvalue weighted by atomic mass is 32.1. The van der Waals surface area contributed by atoms with Crippen LogP contribution in [0.4, 0.5) is 5.69 Å². The number of thiocarbonyl (C=S) groups is 1. The Balaban J connectivity index is 2.39. The molecule has 106 valence electrons. The number of anilines is 1. The van der Waals surface area contributed by atoms with Gasteiger partial charge >= 0.3 is 0 Å². The molecule has 1 rings (SSSR count). The third kappa shape index (κ3) is 6.03. The van der Waals surface area contributed by atoms with Crippen LogP contribution in [0.15, 0.2) is 18.2 Å². The Bertz CT molecular complexity index is 419. The zero-order valence-corrected chi connectivity index (χ0v) is 12.8. The van der Waals surface area contributed by atoms with Crippen LogP contribution in [0.5, 0.6) is 0 Å². The molecule has 0 unspecified atom stereocenters. The second-order valence-electron chi connectivity index (χ2n) is 4.97. The predicted octanol–water partition coefficient (Wildman–Crippen LogP) is 3.25. The molecule has 3 nitrogen and oxygen atoms in total. The molecule has 0 aliphatic carbocycles. The summed E-state index contributed by atoms with van der Waals surface area (Å²) in [5.41, 5.74) is 8.85. The first kappa shape index (κ1) is 15.9. The Hall–Kier alpha value is -1.13. The first-order chi connectivity index (χ1) is 9.00. The summed E-state index contributed by atoms with van der Waals surface area (Å²) in [6.45, 7) is 7.86. The van der Waals surface area contributed by atoms with Crippen LogP contribution in [0, 0.1) is 6.92 Å². The van der Waals surface area contributed by atoms with Gasteiger partial charge in [0, 0.05) is 24.4 Å². The minimum absolute atomic E-state index is 0.311. The summed E-state index contributed by atoms with van der Waals surface area (Å²) in [6, 6.07) is 6.12. The first-order valence-corrected chi connectivity index (χ1v) is 7.17. The lowest BCUT2D eigenvalue weighted by Gasteiger charge is -2.12. The Morgan fingerprint density at radius 2 is 2.11 bits per heavy atom. The molecule has 0 radical (unpaired) electrons. The van der Waals surface area contributed by atoms with E-state index in [9.17, 15) is 0 Å². The monoisotopic (exact) mass is 280 g/mol. The van der Waals surface area contributed by atoms with Gasteiger partial charge in [-0.1, -0.05) is 23.8 Å². The molecule has 19 heavy (non-hydrogen) atoms. The van der Waals surface area contributed by atoms with Crippen molar-refractivity contribution in [3.63, 3.8) is 0 Å². The highest BCUT2D eigenvalue weighted by molar-refractivity contribution is 7.80. The van der Waals surface area contributed by atoms with Gasteiger partial charge in [0.05, 0.1) is 6.10 Å². The molecule has 0 bridgehead atoms. The van der Waals surface area contributed by atoms with E-state index in [-0.39, 0.29) is 0 Å². The number of unbranched alkanes of at least 4 members (excludes halogenated alkanes) is 1. The maximum atomic E-state index is 5.74. The zero-order valence-electron chi connectivity index (χ0n) is 12.0. The van der Waals surface area contributed by atoms with Crippen LogP contribution in [0.3, 0.4) is 0 Å². The van der Waals surface area contributed by atoms with E-state index in [1.165, 1.54) is 5.56 Å². The molecule has 1 aromatic carbocycles. The van der Waals surface area contributed by atoms with Crippen molar-refractivity contribution < 1.29 is 4.74 Å². The Labute approximate surface area is 121 Å². The lowest BCUT2D eigenvalue weighted by atomic mass is 10.1. The average Bonchev–Trinajstić information content (AvgIpc) is 2.34.